The van der Waals surface area contributed by atoms with Gasteiger partial charge in [-0.05, 0) is 42.9 Å². The van der Waals surface area contributed by atoms with Gasteiger partial charge in [0, 0.05) is 49.7 Å². The van der Waals surface area contributed by atoms with Gasteiger partial charge >= 0.3 is 0 Å². The maximum absolute atomic E-state index is 13.4. The molecule has 0 saturated carbocycles. The molecule has 5 nitrogen and oxygen atoms in total. The first-order chi connectivity index (χ1) is 12.5. The second-order valence-corrected chi connectivity index (χ2v) is 8.22. The number of nitrogens with zero attached hydrogens (tertiary/aromatic N) is 3. The molecule has 2 aromatic heterocycles. The standard InChI is InChI=1S/C21H27N3O2/c1-15(2)10-19(22-8-3-4-9-22)21(26)23-12-16-11-17(14-23)18-6-5-7-20(25)24(18)13-16/h3-9,15-17,19H,10-14H2,1-2H3/t16-,17+,19-/m1/s1. The highest BCUT2D eigenvalue weighted by atomic mass is 16.2. The minimum absolute atomic E-state index is 0.0852. The summed E-state index contributed by atoms with van der Waals surface area (Å²) in [7, 11) is 0. The second-order valence-electron chi connectivity index (χ2n) is 8.22. The molecular weight excluding hydrogens is 326 g/mol. The van der Waals surface area contributed by atoms with Gasteiger partial charge in [0.15, 0.2) is 0 Å². The number of hydrogen-bond acceptors (Lipinski definition) is 2. The minimum atomic E-state index is -0.137. The number of likely N-dealkylation sites (tertiary alicyclic amines) is 1. The smallest absolute Gasteiger partial charge is 0.250 e. The van der Waals surface area contributed by atoms with Crippen LogP contribution in [0.15, 0.2) is 47.5 Å². The number of piperidine rings is 1. The van der Waals surface area contributed by atoms with Crippen LogP contribution in [0.5, 0.6) is 0 Å². The number of aromatic nitrogens is 2. The van der Waals surface area contributed by atoms with Crippen LogP contribution in [0.25, 0.3) is 0 Å². The van der Waals surface area contributed by atoms with E-state index in [1.807, 2.05) is 50.7 Å². The number of hydrogen-bond donors (Lipinski definition) is 0. The third-order valence-electron chi connectivity index (χ3n) is 5.76. The van der Waals surface area contributed by atoms with Crippen LogP contribution in [-0.2, 0) is 11.3 Å². The molecule has 3 atom stereocenters. The lowest BCUT2D eigenvalue weighted by Crippen LogP contribution is -2.50. The van der Waals surface area contributed by atoms with E-state index in [0.29, 0.717) is 18.4 Å². The molecule has 4 rings (SSSR count). The first-order valence-electron chi connectivity index (χ1n) is 9.64. The van der Waals surface area contributed by atoms with Gasteiger partial charge in [-0.2, -0.15) is 0 Å². The van der Waals surface area contributed by atoms with E-state index in [9.17, 15) is 9.59 Å². The van der Waals surface area contributed by atoms with Crippen molar-refractivity contribution in [3.63, 3.8) is 0 Å². The van der Waals surface area contributed by atoms with E-state index in [-0.39, 0.29) is 23.4 Å². The van der Waals surface area contributed by atoms with Crippen LogP contribution in [0.3, 0.4) is 0 Å². The van der Waals surface area contributed by atoms with Crippen molar-refractivity contribution in [2.75, 3.05) is 13.1 Å². The molecule has 4 heterocycles. The minimum Gasteiger partial charge on any atom is -0.342 e. The molecule has 0 radical (unpaired) electrons. The molecule has 0 unspecified atom stereocenters. The largest absolute Gasteiger partial charge is 0.342 e. The van der Waals surface area contributed by atoms with Crippen LogP contribution < -0.4 is 5.56 Å². The summed E-state index contributed by atoms with van der Waals surface area (Å²) in [6, 6.07) is 9.35. The number of rotatable bonds is 4. The lowest BCUT2D eigenvalue weighted by Gasteiger charge is -2.43. The van der Waals surface area contributed by atoms with E-state index >= 15 is 0 Å². The first kappa shape index (κ1) is 17.1. The Balaban J connectivity index is 1.59. The van der Waals surface area contributed by atoms with Crippen LogP contribution in [0, 0.1) is 11.8 Å². The number of carbonyl (C=O) groups excluding carboxylic acids is 1. The van der Waals surface area contributed by atoms with Gasteiger partial charge in [-0.1, -0.05) is 19.9 Å². The Morgan fingerprint density at radius 3 is 2.62 bits per heavy atom. The Kier molecular flexibility index (Phi) is 4.47. The maximum Gasteiger partial charge on any atom is 0.250 e. The number of fused-ring (bicyclic) bond motifs is 4. The zero-order valence-electron chi connectivity index (χ0n) is 15.5. The van der Waals surface area contributed by atoms with Crippen LogP contribution in [0.4, 0.5) is 0 Å². The van der Waals surface area contributed by atoms with Crippen LogP contribution in [0.1, 0.15) is 44.3 Å². The third-order valence-corrected chi connectivity index (χ3v) is 5.76. The van der Waals surface area contributed by atoms with Crippen molar-refractivity contribution in [2.24, 2.45) is 11.8 Å². The number of carbonyl (C=O) groups is 1. The molecule has 2 aliphatic heterocycles. The van der Waals surface area contributed by atoms with Crippen LogP contribution in [0.2, 0.25) is 0 Å². The maximum atomic E-state index is 13.4. The average Bonchev–Trinajstić information content (AvgIpc) is 3.14. The van der Waals surface area contributed by atoms with Crippen molar-refractivity contribution in [1.82, 2.24) is 14.0 Å². The van der Waals surface area contributed by atoms with Crippen molar-refractivity contribution in [3.05, 3.63) is 58.8 Å². The molecule has 5 heteroatoms. The number of pyridine rings is 1. The third kappa shape index (κ3) is 3.11. The molecule has 2 aliphatic rings. The molecule has 1 fully saturated rings. The molecule has 0 N–H and O–H groups in total. The zero-order valence-corrected chi connectivity index (χ0v) is 15.5. The molecule has 1 saturated heterocycles. The first-order valence-corrected chi connectivity index (χ1v) is 9.64. The Morgan fingerprint density at radius 2 is 1.88 bits per heavy atom. The van der Waals surface area contributed by atoms with Crippen molar-refractivity contribution >= 4 is 5.91 Å². The van der Waals surface area contributed by atoms with E-state index in [2.05, 4.69) is 13.8 Å². The van der Waals surface area contributed by atoms with Crippen molar-refractivity contribution in [1.29, 1.82) is 0 Å². The SMILES string of the molecule is CC(C)C[C@H](C(=O)N1C[C@H]2C[C@@H](C1)c1cccc(=O)n1C2)n1cccc1. The topological polar surface area (TPSA) is 47.2 Å². The van der Waals surface area contributed by atoms with Crippen LogP contribution in [-0.4, -0.2) is 33.0 Å². The fourth-order valence-corrected chi connectivity index (χ4v) is 4.64. The summed E-state index contributed by atoms with van der Waals surface area (Å²) >= 11 is 0. The highest BCUT2D eigenvalue weighted by Crippen LogP contribution is 2.36. The van der Waals surface area contributed by atoms with Gasteiger partial charge in [0.1, 0.15) is 6.04 Å². The second kappa shape index (κ2) is 6.78. The van der Waals surface area contributed by atoms with E-state index in [4.69, 9.17) is 0 Å². The molecule has 1 amide bonds. The summed E-state index contributed by atoms with van der Waals surface area (Å²) < 4.78 is 3.96. The average molecular weight is 353 g/mol. The van der Waals surface area contributed by atoms with E-state index in [0.717, 1.165) is 31.6 Å². The molecule has 2 bridgehead atoms. The van der Waals surface area contributed by atoms with Crippen molar-refractivity contribution < 1.29 is 4.79 Å². The van der Waals surface area contributed by atoms with E-state index in [1.54, 1.807) is 6.07 Å². The Bertz CT molecular complexity index is 837. The quantitative estimate of drug-likeness (QED) is 0.848. The summed E-state index contributed by atoms with van der Waals surface area (Å²) in [6.07, 6.45) is 5.90. The van der Waals surface area contributed by atoms with Crippen molar-refractivity contribution in [2.45, 2.75) is 45.2 Å². The Labute approximate surface area is 154 Å². The monoisotopic (exact) mass is 353 g/mol. The predicted molar refractivity (Wildman–Crippen MR) is 101 cm³/mol. The van der Waals surface area contributed by atoms with Gasteiger partial charge in [0.25, 0.3) is 5.56 Å². The summed E-state index contributed by atoms with van der Waals surface area (Å²) in [5, 5.41) is 0. The molecule has 0 spiro atoms. The van der Waals surface area contributed by atoms with Crippen LogP contribution >= 0.6 is 0 Å². The van der Waals surface area contributed by atoms with Gasteiger partial charge in [0.2, 0.25) is 5.91 Å². The van der Waals surface area contributed by atoms with E-state index in [1.165, 1.54) is 0 Å². The molecule has 0 aliphatic carbocycles. The van der Waals surface area contributed by atoms with Crippen molar-refractivity contribution in [3.8, 4) is 0 Å². The lowest BCUT2D eigenvalue weighted by atomic mass is 9.82. The fraction of sp³-hybridized carbons (Fsp3) is 0.524. The Hall–Kier alpha value is -2.30. The highest BCUT2D eigenvalue weighted by Gasteiger charge is 2.38. The fourth-order valence-electron chi connectivity index (χ4n) is 4.64. The molecule has 0 aromatic carbocycles. The molecular formula is C21H27N3O2. The molecule has 26 heavy (non-hydrogen) atoms. The lowest BCUT2D eigenvalue weighted by molar-refractivity contribution is -0.138. The van der Waals surface area contributed by atoms with Gasteiger partial charge in [-0.3, -0.25) is 9.59 Å². The van der Waals surface area contributed by atoms with Gasteiger partial charge < -0.3 is 14.0 Å². The zero-order chi connectivity index (χ0) is 18.3. The van der Waals surface area contributed by atoms with Gasteiger partial charge in [-0.25, -0.2) is 0 Å². The summed E-state index contributed by atoms with van der Waals surface area (Å²) in [4.78, 5) is 27.6. The molecule has 2 aromatic rings. The summed E-state index contributed by atoms with van der Waals surface area (Å²) in [6.45, 7) is 6.53. The summed E-state index contributed by atoms with van der Waals surface area (Å²) in [5.41, 5.74) is 1.18. The van der Waals surface area contributed by atoms with E-state index < -0.39 is 0 Å². The Morgan fingerprint density at radius 1 is 1.12 bits per heavy atom. The molecule has 138 valence electrons. The summed E-state index contributed by atoms with van der Waals surface area (Å²) in [5.74, 6) is 1.31. The predicted octanol–water partition coefficient (Wildman–Crippen LogP) is 2.88. The van der Waals surface area contributed by atoms with Gasteiger partial charge in [0.05, 0.1) is 0 Å². The normalized spacial score (nSPS) is 23.0. The highest BCUT2D eigenvalue weighted by molar-refractivity contribution is 5.80. The number of amides is 1. The van der Waals surface area contributed by atoms with Gasteiger partial charge in [-0.15, -0.1) is 0 Å².